The third-order valence-corrected chi connectivity index (χ3v) is 3.64. The molecule has 19 heavy (non-hydrogen) atoms. The number of nitrogens with two attached hydrogens (primary N) is 2. The Morgan fingerprint density at radius 2 is 1.26 bits per heavy atom. The molecule has 0 heterocycles. The predicted octanol–water partition coefficient (Wildman–Crippen LogP) is 1.92. The average molecular weight is 274 g/mol. The topological polar surface area (TPSA) is 92.5 Å². The summed E-state index contributed by atoms with van der Waals surface area (Å²) in [4.78, 5) is 0. The fourth-order valence-corrected chi connectivity index (χ4v) is 2.28. The van der Waals surface area contributed by atoms with Gasteiger partial charge in [0.25, 0.3) is 0 Å². The smallest absolute Gasteiger partial charge is 0.0691 e. The van der Waals surface area contributed by atoms with Crippen molar-refractivity contribution in [3.8, 4) is 0 Å². The van der Waals surface area contributed by atoms with Crippen molar-refractivity contribution in [2.75, 3.05) is 13.2 Å². The highest BCUT2D eigenvalue weighted by molar-refractivity contribution is 4.71. The Balaban J connectivity index is 3.29. The van der Waals surface area contributed by atoms with Gasteiger partial charge >= 0.3 is 0 Å². The van der Waals surface area contributed by atoms with Crippen LogP contribution in [-0.4, -0.2) is 35.5 Å². The summed E-state index contributed by atoms with van der Waals surface area (Å²) >= 11 is 0. The zero-order valence-corrected chi connectivity index (χ0v) is 12.4. The van der Waals surface area contributed by atoms with E-state index in [1.54, 1.807) is 0 Å². The lowest BCUT2D eigenvalue weighted by molar-refractivity contribution is 0.127. The fraction of sp³-hybridized carbons (Fsp3) is 1.00. The first-order valence-corrected chi connectivity index (χ1v) is 7.97. The molecule has 0 saturated carbocycles. The van der Waals surface area contributed by atoms with Gasteiger partial charge in [-0.15, -0.1) is 0 Å². The maximum absolute atomic E-state index is 9.85. The van der Waals surface area contributed by atoms with E-state index >= 15 is 0 Å². The molecule has 0 aliphatic carbocycles. The van der Waals surface area contributed by atoms with Gasteiger partial charge in [-0.25, -0.2) is 0 Å². The summed E-state index contributed by atoms with van der Waals surface area (Å²) in [5, 5.41) is 18.5. The summed E-state index contributed by atoms with van der Waals surface area (Å²) in [6.45, 7) is 1.01. The van der Waals surface area contributed by atoms with Crippen LogP contribution in [0.3, 0.4) is 0 Å². The van der Waals surface area contributed by atoms with Crippen LogP contribution in [0.5, 0.6) is 0 Å². The highest BCUT2D eigenvalue weighted by Crippen LogP contribution is 2.12. The van der Waals surface area contributed by atoms with Crippen molar-refractivity contribution in [1.29, 1.82) is 0 Å². The van der Waals surface area contributed by atoms with Gasteiger partial charge in [0.1, 0.15) is 0 Å². The molecule has 4 heteroatoms. The molecule has 0 aromatic carbocycles. The minimum Gasteiger partial charge on any atom is -0.396 e. The van der Waals surface area contributed by atoms with E-state index in [4.69, 9.17) is 16.6 Å². The van der Waals surface area contributed by atoms with E-state index in [1.807, 2.05) is 0 Å². The lowest BCUT2D eigenvalue weighted by atomic mass is 9.99. The van der Waals surface area contributed by atoms with Gasteiger partial charge in [-0.3, -0.25) is 0 Å². The van der Waals surface area contributed by atoms with Gasteiger partial charge in [-0.1, -0.05) is 38.5 Å². The molecule has 0 fully saturated rings. The highest BCUT2D eigenvalue weighted by Gasteiger charge is 2.13. The van der Waals surface area contributed by atoms with Crippen LogP contribution in [0.25, 0.3) is 0 Å². The van der Waals surface area contributed by atoms with E-state index in [2.05, 4.69) is 0 Å². The van der Waals surface area contributed by atoms with Gasteiger partial charge in [0.05, 0.1) is 6.10 Å². The first-order valence-electron chi connectivity index (χ1n) is 7.97. The molecule has 0 aromatic rings. The van der Waals surface area contributed by atoms with Crippen LogP contribution < -0.4 is 11.5 Å². The van der Waals surface area contributed by atoms with E-state index in [-0.39, 0.29) is 12.1 Å². The highest BCUT2D eigenvalue weighted by atomic mass is 16.3. The van der Waals surface area contributed by atoms with E-state index in [1.165, 1.54) is 25.7 Å². The second-order valence-electron chi connectivity index (χ2n) is 5.50. The molecule has 6 N–H and O–H groups in total. The molecule has 0 radical (unpaired) electrons. The van der Waals surface area contributed by atoms with Crippen LogP contribution in [0, 0.1) is 0 Å². The summed E-state index contributed by atoms with van der Waals surface area (Å²) in [6, 6.07) is -0.0767. The molecule has 0 rings (SSSR count). The average Bonchev–Trinajstić information content (AvgIpc) is 2.41. The third kappa shape index (κ3) is 12.6. The minimum atomic E-state index is -0.365. The van der Waals surface area contributed by atoms with Crippen LogP contribution in [0.2, 0.25) is 0 Å². The number of unbranched alkanes of at least 4 members (excludes halogenated alkanes) is 7. The molecule has 0 aliphatic heterocycles. The summed E-state index contributed by atoms with van der Waals surface area (Å²) in [5.41, 5.74) is 11.4. The van der Waals surface area contributed by atoms with Crippen LogP contribution in [0.4, 0.5) is 0 Å². The molecule has 4 nitrogen and oxygen atoms in total. The zero-order chi connectivity index (χ0) is 14.3. The van der Waals surface area contributed by atoms with Gasteiger partial charge in [0.2, 0.25) is 0 Å². The molecule has 116 valence electrons. The van der Waals surface area contributed by atoms with Gasteiger partial charge in [0.15, 0.2) is 0 Å². The van der Waals surface area contributed by atoms with Crippen LogP contribution in [0.1, 0.15) is 70.6 Å². The fourth-order valence-electron chi connectivity index (χ4n) is 2.28. The van der Waals surface area contributed by atoms with Crippen molar-refractivity contribution in [3.63, 3.8) is 0 Å². The monoisotopic (exact) mass is 274 g/mol. The Labute approximate surface area is 118 Å². The summed E-state index contributed by atoms with van der Waals surface area (Å²) in [5.74, 6) is 0. The van der Waals surface area contributed by atoms with Crippen LogP contribution >= 0.6 is 0 Å². The largest absolute Gasteiger partial charge is 0.396 e. The van der Waals surface area contributed by atoms with Gasteiger partial charge in [-0.2, -0.15) is 0 Å². The molecule has 2 atom stereocenters. The molecule has 0 aromatic heterocycles. The normalized spacial score (nSPS) is 14.5. The van der Waals surface area contributed by atoms with E-state index < -0.39 is 0 Å². The molecule has 0 amide bonds. The summed E-state index contributed by atoms with van der Waals surface area (Å²) in [7, 11) is 0. The molecule has 0 aliphatic rings. The Morgan fingerprint density at radius 1 is 0.737 bits per heavy atom. The molecule has 0 saturated heterocycles. The molecular weight excluding hydrogens is 240 g/mol. The van der Waals surface area contributed by atoms with Crippen molar-refractivity contribution in [1.82, 2.24) is 0 Å². The van der Waals surface area contributed by atoms with E-state index in [9.17, 15) is 5.11 Å². The number of hydrogen-bond acceptors (Lipinski definition) is 4. The maximum atomic E-state index is 9.85. The Kier molecular flexibility index (Phi) is 14.1. The van der Waals surface area contributed by atoms with Gasteiger partial charge in [-0.05, 0) is 38.6 Å². The number of aliphatic hydroxyl groups is 2. The SMILES string of the molecule is NCCCCC(O)C(N)CCCCCCCCCO. The lowest BCUT2D eigenvalue weighted by Gasteiger charge is -2.18. The van der Waals surface area contributed by atoms with Crippen molar-refractivity contribution < 1.29 is 10.2 Å². The molecule has 2 unspecified atom stereocenters. The number of aliphatic hydroxyl groups excluding tert-OH is 2. The quantitative estimate of drug-likeness (QED) is 0.364. The Morgan fingerprint density at radius 3 is 1.84 bits per heavy atom. The van der Waals surface area contributed by atoms with Crippen LogP contribution in [-0.2, 0) is 0 Å². The number of hydrogen-bond donors (Lipinski definition) is 4. The Hall–Kier alpha value is -0.160. The predicted molar refractivity (Wildman–Crippen MR) is 80.9 cm³/mol. The first kappa shape index (κ1) is 18.8. The number of rotatable bonds is 14. The molecule has 0 bridgehead atoms. The summed E-state index contributed by atoms with van der Waals surface area (Å²) in [6.07, 6.45) is 11.3. The second kappa shape index (κ2) is 14.3. The second-order valence-corrected chi connectivity index (χ2v) is 5.50. The van der Waals surface area contributed by atoms with Gasteiger partial charge in [0, 0.05) is 12.6 Å². The third-order valence-electron chi connectivity index (χ3n) is 3.64. The zero-order valence-electron chi connectivity index (χ0n) is 12.4. The van der Waals surface area contributed by atoms with Gasteiger partial charge < -0.3 is 21.7 Å². The molecular formula is C15H34N2O2. The Bertz CT molecular complexity index is 180. The summed E-state index contributed by atoms with van der Waals surface area (Å²) < 4.78 is 0. The van der Waals surface area contributed by atoms with Crippen molar-refractivity contribution in [2.24, 2.45) is 11.5 Å². The minimum absolute atomic E-state index is 0.0767. The van der Waals surface area contributed by atoms with Crippen LogP contribution in [0.15, 0.2) is 0 Å². The van der Waals surface area contributed by atoms with E-state index in [0.29, 0.717) is 13.2 Å². The lowest BCUT2D eigenvalue weighted by Crippen LogP contribution is -2.34. The molecule has 0 spiro atoms. The maximum Gasteiger partial charge on any atom is 0.0691 e. The first-order chi connectivity index (χ1) is 9.22. The standard InChI is InChI=1S/C15H34N2O2/c16-12-8-7-11-15(19)14(17)10-6-4-2-1-3-5-9-13-18/h14-15,18-19H,1-13,16-17H2. The van der Waals surface area contributed by atoms with Crippen molar-refractivity contribution in [2.45, 2.75) is 82.8 Å². The van der Waals surface area contributed by atoms with Crippen molar-refractivity contribution >= 4 is 0 Å². The van der Waals surface area contributed by atoms with Crippen molar-refractivity contribution in [3.05, 3.63) is 0 Å². The van der Waals surface area contributed by atoms with E-state index in [0.717, 1.165) is 44.9 Å².